The zero-order valence-corrected chi connectivity index (χ0v) is 18.2. The van der Waals surface area contributed by atoms with Gasteiger partial charge in [0.15, 0.2) is 0 Å². The van der Waals surface area contributed by atoms with E-state index < -0.39 is 0 Å². The van der Waals surface area contributed by atoms with Crippen LogP contribution in [0.15, 0.2) is 52.3 Å². The van der Waals surface area contributed by atoms with E-state index in [1.165, 1.54) is 5.56 Å². The number of nitrogens with one attached hydrogen (secondary N) is 1. The summed E-state index contributed by atoms with van der Waals surface area (Å²) in [6.07, 6.45) is 3.01. The Bertz CT molecular complexity index is 1110. The molecule has 0 amide bonds. The van der Waals surface area contributed by atoms with Gasteiger partial charge in [-0.05, 0) is 64.9 Å². The quantitative estimate of drug-likeness (QED) is 0.410. The fraction of sp³-hybridized carbons (Fsp3) is 0.273. The Morgan fingerprint density at radius 1 is 1.28 bits per heavy atom. The lowest BCUT2D eigenvalue weighted by atomic mass is 10.1. The number of aromatic hydroxyl groups is 1. The number of aliphatic imine (C=N–C) groups is 1. The topological polar surface area (TPSA) is 77.9 Å². The molecule has 0 aliphatic carbocycles. The molecule has 29 heavy (non-hydrogen) atoms. The highest BCUT2D eigenvalue weighted by Crippen LogP contribution is 2.24. The largest absolute Gasteiger partial charge is 0.494 e. The van der Waals surface area contributed by atoms with E-state index in [4.69, 9.17) is 4.74 Å². The van der Waals surface area contributed by atoms with E-state index in [1.54, 1.807) is 19.4 Å². The van der Waals surface area contributed by atoms with Crippen molar-refractivity contribution in [3.63, 3.8) is 0 Å². The molecule has 1 aromatic heterocycles. The zero-order chi connectivity index (χ0) is 20.4. The third kappa shape index (κ3) is 4.52. The van der Waals surface area contributed by atoms with Crippen molar-refractivity contribution in [2.24, 2.45) is 4.99 Å². The van der Waals surface area contributed by atoms with Gasteiger partial charge < -0.3 is 9.84 Å². The van der Waals surface area contributed by atoms with Crippen LogP contribution in [0, 0.1) is 3.57 Å². The Balaban J connectivity index is 1.54. The minimum absolute atomic E-state index is 0.174. The van der Waals surface area contributed by atoms with Crippen molar-refractivity contribution in [2.45, 2.75) is 19.1 Å². The molecule has 0 unspecified atom stereocenters. The number of aromatic nitrogens is 1. The molecule has 2 N–H and O–H groups in total. The van der Waals surface area contributed by atoms with Gasteiger partial charge in [0.05, 0.1) is 17.4 Å². The molecule has 0 bridgehead atoms. The molecule has 2 heterocycles. The Hall–Kier alpha value is -2.23. The van der Waals surface area contributed by atoms with E-state index in [1.807, 2.05) is 24.3 Å². The van der Waals surface area contributed by atoms with Gasteiger partial charge in [-0.3, -0.25) is 19.7 Å². The molecule has 1 aliphatic rings. The molecular weight excluding hydrogens is 481 g/mol. The highest BCUT2D eigenvalue weighted by Gasteiger charge is 2.21. The first-order valence-corrected chi connectivity index (χ1v) is 10.5. The monoisotopic (exact) mass is 503 g/mol. The highest BCUT2D eigenvalue weighted by atomic mass is 127. The molecule has 1 fully saturated rings. The molecule has 3 aromatic rings. The Morgan fingerprint density at radius 3 is 2.79 bits per heavy atom. The lowest BCUT2D eigenvalue weighted by Gasteiger charge is -2.15. The molecule has 0 spiro atoms. The summed E-state index contributed by atoms with van der Waals surface area (Å²) in [7, 11) is 1.77. The van der Waals surface area contributed by atoms with Gasteiger partial charge >= 0.3 is 0 Å². The van der Waals surface area contributed by atoms with Crippen molar-refractivity contribution in [3.8, 4) is 5.88 Å². The van der Waals surface area contributed by atoms with Crippen LogP contribution in [-0.4, -0.2) is 47.5 Å². The number of ether oxygens (including phenoxy) is 1. The zero-order valence-electron chi connectivity index (χ0n) is 16.1. The minimum atomic E-state index is -0.312. The van der Waals surface area contributed by atoms with Gasteiger partial charge in [0, 0.05) is 47.3 Å². The molecular formula is C22H22IN3O3. The first-order valence-electron chi connectivity index (χ1n) is 9.46. The van der Waals surface area contributed by atoms with Crippen molar-refractivity contribution in [1.29, 1.82) is 0 Å². The SMILES string of the molecule is CO[C@@H]1CCN(Cc2ccc(N=Cc3c(O)[nH]c(=O)c4ccc(I)cc34)cc2)C1. The average Bonchev–Trinajstić information content (AvgIpc) is 3.16. The Kier molecular flexibility index (Phi) is 5.98. The minimum Gasteiger partial charge on any atom is -0.494 e. The summed E-state index contributed by atoms with van der Waals surface area (Å²) in [5, 5.41) is 11.4. The van der Waals surface area contributed by atoms with Gasteiger partial charge in [-0.25, -0.2) is 0 Å². The van der Waals surface area contributed by atoms with Crippen LogP contribution in [0.25, 0.3) is 10.8 Å². The standard InChI is InChI=1S/C22H22IN3O3/c1-29-17-8-9-26(13-17)12-14-2-5-16(6-3-14)24-11-20-19-10-15(23)4-7-18(19)21(27)25-22(20)28/h2-7,10-11,17H,8-9,12-13H2,1H3,(H2,25,27,28)/t17-/m1/s1. The number of nitrogens with zero attached hydrogens (tertiary/aromatic N) is 2. The van der Waals surface area contributed by atoms with E-state index in [9.17, 15) is 9.90 Å². The number of H-pyrrole nitrogens is 1. The van der Waals surface area contributed by atoms with E-state index in [0.29, 0.717) is 22.4 Å². The Morgan fingerprint density at radius 2 is 2.07 bits per heavy atom. The summed E-state index contributed by atoms with van der Waals surface area (Å²) in [4.78, 5) is 21.5. The van der Waals surface area contributed by atoms with Crippen LogP contribution in [-0.2, 0) is 11.3 Å². The van der Waals surface area contributed by atoms with Crippen LogP contribution in [0.4, 0.5) is 5.69 Å². The van der Waals surface area contributed by atoms with Crippen molar-refractivity contribution in [1.82, 2.24) is 9.88 Å². The van der Waals surface area contributed by atoms with Crippen molar-refractivity contribution in [3.05, 3.63) is 67.5 Å². The van der Waals surface area contributed by atoms with Gasteiger partial charge in [0.1, 0.15) is 0 Å². The molecule has 1 atom stereocenters. The molecule has 4 rings (SSSR count). The number of likely N-dealkylation sites (tertiary alicyclic amines) is 1. The second-order valence-corrected chi connectivity index (χ2v) is 8.46. The maximum absolute atomic E-state index is 12.1. The number of pyridine rings is 1. The number of fused-ring (bicyclic) bond motifs is 1. The van der Waals surface area contributed by atoms with Crippen LogP contribution in [0.2, 0.25) is 0 Å². The molecule has 6 nitrogen and oxygen atoms in total. The van der Waals surface area contributed by atoms with E-state index >= 15 is 0 Å². The van der Waals surface area contributed by atoms with E-state index in [2.05, 4.69) is 49.6 Å². The van der Waals surface area contributed by atoms with Crippen LogP contribution in [0.3, 0.4) is 0 Å². The number of hydrogen-bond acceptors (Lipinski definition) is 5. The number of halogens is 1. The first kappa shape index (κ1) is 20.1. The molecule has 1 aliphatic heterocycles. The summed E-state index contributed by atoms with van der Waals surface area (Å²) < 4.78 is 6.41. The van der Waals surface area contributed by atoms with Crippen molar-refractivity contribution >= 4 is 45.3 Å². The van der Waals surface area contributed by atoms with Gasteiger partial charge in [-0.1, -0.05) is 12.1 Å². The third-order valence-corrected chi connectivity index (χ3v) is 5.92. The normalized spacial score (nSPS) is 17.5. The second kappa shape index (κ2) is 8.64. The number of rotatable bonds is 5. The maximum Gasteiger partial charge on any atom is 0.258 e. The second-order valence-electron chi connectivity index (χ2n) is 7.21. The fourth-order valence-corrected chi connectivity index (χ4v) is 4.15. The van der Waals surface area contributed by atoms with Crippen molar-refractivity contribution < 1.29 is 9.84 Å². The van der Waals surface area contributed by atoms with Crippen molar-refractivity contribution in [2.75, 3.05) is 20.2 Å². The highest BCUT2D eigenvalue weighted by molar-refractivity contribution is 14.1. The summed E-state index contributed by atoms with van der Waals surface area (Å²) in [6, 6.07) is 13.6. The van der Waals surface area contributed by atoms with Crippen LogP contribution < -0.4 is 5.56 Å². The lowest BCUT2D eigenvalue weighted by Crippen LogP contribution is -2.22. The fourth-order valence-electron chi connectivity index (χ4n) is 3.66. The van der Waals surface area contributed by atoms with Crippen LogP contribution in [0.5, 0.6) is 5.88 Å². The smallest absolute Gasteiger partial charge is 0.258 e. The number of hydrogen-bond donors (Lipinski definition) is 2. The number of methoxy groups -OCH3 is 1. The molecule has 7 heteroatoms. The third-order valence-electron chi connectivity index (χ3n) is 5.25. The van der Waals surface area contributed by atoms with Crippen LogP contribution in [0.1, 0.15) is 17.5 Å². The predicted molar refractivity (Wildman–Crippen MR) is 123 cm³/mol. The summed E-state index contributed by atoms with van der Waals surface area (Å²) in [5.41, 5.74) is 2.21. The maximum atomic E-state index is 12.1. The molecule has 150 valence electrons. The lowest BCUT2D eigenvalue weighted by molar-refractivity contribution is 0.107. The van der Waals surface area contributed by atoms with Crippen LogP contribution >= 0.6 is 22.6 Å². The summed E-state index contributed by atoms with van der Waals surface area (Å²) in [5.74, 6) is -0.174. The van der Waals surface area contributed by atoms with Gasteiger partial charge in [-0.15, -0.1) is 0 Å². The Labute approximate surface area is 182 Å². The van der Waals surface area contributed by atoms with Gasteiger partial charge in [0.25, 0.3) is 5.56 Å². The molecule has 1 saturated heterocycles. The van der Waals surface area contributed by atoms with Gasteiger partial charge in [-0.2, -0.15) is 0 Å². The summed E-state index contributed by atoms with van der Waals surface area (Å²) in [6.45, 7) is 2.91. The number of benzene rings is 2. The molecule has 2 aromatic carbocycles. The number of aromatic amines is 1. The molecule has 0 radical (unpaired) electrons. The molecule has 0 saturated carbocycles. The predicted octanol–water partition coefficient (Wildman–Crippen LogP) is 3.81. The first-order chi connectivity index (χ1) is 14.0. The summed E-state index contributed by atoms with van der Waals surface area (Å²) >= 11 is 2.18. The van der Waals surface area contributed by atoms with E-state index in [0.717, 1.165) is 35.3 Å². The van der Waals surface area contributed by atoms with Gasteiger partial charge in [0.2, 0.25) is 5.88 Å². The van der Waals surface area contributed by atoms with E-state index in [-0.39, 0.29) is 11.4 Å². The average molecular weight is 503 g/mol.